The van der Waals surface area contributed by atoms with Gasteiger partial charge in [-0.1, -0.05) is 11.6 Å². The van der Waals surface area contributed by atoms with Crippen LogP contribution in [0, 0.1) is 13.8 Å². The highest BCUT2D eigenvalue weighted by Crippen LogP contribution is 2.43. The summed E-state index contributed by atoms with van der Waals surface area (Å²) in [6.07, 6.45) is 3.61. The summed E-state index contributed by atoms with van der Waals surface area (Å²) in [5.74, 6) is 1.76. The number of piperidine rings is 1. The van der Waals surface area contributed by atoms with Crippen LogP contribution in [0.5, 0.6) is 5.75 Å². The lowest BCUT2D eigenvalue weighted by Crippen LogP contribution is -2.27. The van der Waals surface area contributed by atoms with Crippen LogP contribution in [0.2, 0.25) is 5.02 Å². The largest absolute Gasteiger partial charge is 0.496 e. The third kappa shape index (κ3) is 4.42. The monoisotopic (exact) mass is 486 g/mol. The van der Waals surface area contributed by atoms with Gasteiger partial charge in [0.1, 0.15) is 17.9 Å². The second kappa shape index (κ2) is 10.2. The molecule has 1 aromatic carbocycles. The molecule has 0 spiro atoms. The summed E-state index contributed by atoms with van der Waals surface area (Å²) in [7, 11) is 1.73. The van der Waals surface area contributed by atoms with Crippen molar-refractivity contribution in [3.8, 4) is 5.75 Å². The second-order valence-electron chi connectivity index (χ2n) is 7.71. The van der Waals surface area contributed by atoms with Crippen molar-refractivity contribution in [2.45, 2.75) is 45.6 Å². The van der Waals surface area contributed by atoms with Crippen molar-refractivity contribution >= 4 is 53.3 Å². The predicted molar refractivity (Wildman–Crippen MR) is 130 cm³/mol. The fourth-order valence-corrected chi connectivity index (χ4v) is 4.70. The van der Waals surface area contributed by atoms with Gasteiger partial charge in [-0.2, -0.15) is 5.10 Å². The molecule has 0 saturated carbocycles. The van der Waals surface area contributed by atoms with E-state index in [4.69, 9.17) is 27.2 Å². The minimum atomic E-state index is -0.131. The normalized spacial score (nSPS) is 15.3. The zero-order chi connectivity index (χ0) is 20.7. The number of hydrogen-bond acceptors (Lipinski definition) is 6. The smallest absolute Gasteiger partial charge is 0.164 e. The number of benzene rings is 1. The number of aryl methyl sites for hydroxylation is 1. The van der Waals surface area contributed by atoms with Gasteiger partial charge >= 0.3 is 0 Å². The number of halogens is 3. The predicted octanol–water partition coefficient (Wildman–Crippen LogP) is 4.61. The van der Waals surface area contributed by atoms with Crippen molar-refractivity contribution < 1.29 is 4.74 Å². The van der Waals surface area contributed by atoms with Crippen molar-refractivity contribution in [3.05, 3.63) is 39.8 Å². The van der Waals surface area contributed by atoms with Gasteiger partial charge in [-0.05, 0) is 64.3 Å². The van der Waals surface area contributed by atoms with Crippen LogP contribution in [0.15, 0.2) is 12.4 Å². The molecule has 170 valence electrons. The molecule has 3 N–H and O–H groups in total. The number of aromatic nitrogens is 4. The molecule has 3 heterocycles. The van der Waals surface area contributed by atoms with Crippen LogP contribution in [0.1, 0.15) is 54.1 Å². The summed E-state index contributed by atoms with van der Waals surface area (Å²) >= 11 is 6.70. The van der Waals surface area contributed by atoms with Gasteiger partial charge in [0.05, 0.1) is 24.2 Å². The molecule has 1 unspecified atom stereocenters. The Hall–Kier alpha value is -1.80. The Kier molecular flexibility index (Phi) is 8.39. The van der Waals surface area contributed by atoms with Crippen molar-refractivity contribution in [2.75, 3.05) is 25.9 Å². The second-order valence-corrected chi connectivity index (χ2v) is 8.11. The number of nitrogen functional groups attached to an aromatic ring is 1. The first-order chi connectivity index (χ1) is 13.9. The zero-order valence-electron chi connectivity index (χ0n) is 18.1. The van der Waals surface area contributed by atoms with Crippen LogP contribution in [0.3, 0.4) is 0 Å². The van der Waals surface area contributed by atoms with E-state index in [0.717, 1.165) is 58.9 Å². The van der Waals surface area contributed by atoms with E-state index in [0.29, 0.717) is 17.4 Å². The van der Waals surface area contributed by atoms with Crippen molar-refractivity contribution in [2.24, 2.45) is 0 Å². The van der Waals surface area contributed by atoms with Crippen LogP contribution >= 0.6 is 36.4 Å². The molecule has 0 aliphatic carbocycles. The fourth-order valence-electron chi connectivity index (χ4n) is 4.48. The average Bonchev–Trinajstić information content (AvgIpc) is 3.07. The SMILES string of the molecule is COc1c(C(C)n2nc(C)c3c(N)ncnc32)cc(Cl)c(C)c1C1CCNCC1.Cl.Cl. The molecule has 0 amide bonds. The molecule has 0 radical (unpaired) electrons. The van der Waals surface area contributed by atoms with Gasteiger partial charge in [0.2, 0.25) is 0 Å². The number of methoxy groups -OCH3 is 1. The maximum atomic E-state index is 6.70. The lowest BCUT2D eigenvalue weighted by atomic mass is 9.84. The van der Waals surface area contributed by atoms with E-state index in [1.54, 1.807) is 7.11 Å². The molecular formula is C21H29Cl3N6O. The molecule has 31 heavy (non-hydrogen) atoms. The maximum absolute atomic E-state index is 6.70. The summed E-state index contributed by atoms with van der Waals surface area (Å²) in [6.45, 7) is 8.09. The summed E-state index contributed by atoms with van der Waals surface area (Å²) in [5, 5.41) is 9.70. The number of fused-ring (bicyclic) bond motifs is 1. The van der Waals surface area contributed by atoms with Crippen molar-refractivity contribution in [3.63, 3.8) is 0 Å². The first-order valence-electron chi connectivity index (χ1n) is 9.96. The van der Waals surface area contributed by atoms with E-state index in [1.807, 2.05) is 17.7 Å². The highest BCUT2D eigenvalue weighted by Gasteiger charge is 2.28. The van der Waals surface area contributed by atoms with Crippen molar-refractivity contribution in [1.82, 2.24) is 25.1 Å². The number of anilines is 1. The van der Waals surface area contributed by atoms with E-state index >= 15 is 0 Å². The third-order valence-corrected chi connectivity index (χ3v) is 6.41. The molecule has 1 aliphatic rings. The molecule has 1 aliphatic heterocycles. The molecule has 3 aromatic rings. The zero-order valence-corrected chi connectivity index (χ0v) is 20.5. The molecular weight excluding hydrogens is 459 g/mol. The minimum absolute atomic E-state index is 0. The molecule has 0 bridgehead atoms. The Bertz CT molecular complexity index is 1070. The third-order valence-electron chi connectivity index (χ3n) is 6.01. The number of nitrogens with zero attached hydrogens (tertiary/aromatic N) is 4. The Morgan fingerprint density at radius 1 is 1.23 bits per heavy atom. The summed E-state index contributed by atoms with van der Waals surface area (Å²) in [4.78, 5) is 8.55. The van der Waals surface area contributed by atoms with Gasteiger partial charge in [0.25, 0.3) is 0 Å². The van der Waals surface area contributed by atoms with E-state index in [1.165, 1.54) is 11.9 Å². The lowest BCUT2D eigenvalue weighted by Gasteiger charge is -2.29. The number of hydrogen-bond donors (Lipinski definition) is 2. The lowest BCUT2D eigenvalue weighted by molar-refractivity contribution is 0.380. The first kappa shape index (κ1) is 25.5. The van der Waals surface area contributed by atoms with Gasteiger partial charge in [-0.15, -0.1) is 24.8 Å². The molecule has 4 rings (SSSR count). The molecule has 10 heteroatoms. The van der Waals surface area contributed by atoms with Crippen LogP contribution in [-0.4, -0.2) is 39.9 Å². The van der Waals surface area contributed by atoms with Crippen LogP contribution in [-0.2, 0) is 0 Å². The number of ether oxygens (including phenoxy) is 1. The van der Waals surface area contributed by atoms with Gasteiger partial charge in [-0.25, -0.2) is 14.6 Å². The molecule has 1 fully saturated rings. The average molecular weight is 488 g/mol. The van der Waals surface area contributed by atoms with Crippen LogP contribution < -0.4 is 15.8 Å². The maximum Gasteiger partial charge on any atom is 0.164 e. The summed E-state index contributed by atoms with van der Waals surface area (Å²) < 4.78 is 7.86. The summed E-state index contributed by atoms with van der Waals surface area (Å²) in [6, 6.07) is 1.87. The Labute approximate surface area is 199 Å². The highest BCUT2D eigenvalue weighted by atomic mass is 35.5. The Morgan fingerprint density at radius 3 is 2.55 bits per heavy atom. The minimum Gasteiger partial charge on any atom is -0.496 e. The topological polar surface area (TPSA) is 90.9 Å². The van der Waals surface area contributed by atoms with E-state index in [2.05, 4.69) is 29.1 Å². The van der Waals surface area contributed by atoms with Gasteiger partial charge < -0.3 is 15.8 Å². The van der Waals surface area contributed by atoms with Gasteiger partial charge in [-0.3, -0.25) is 0 Å². The first-order valence-corrected chi connectivity index (χ1v) is 10.3. The Morgan fingerprint density at radius 2 is 1.90 bits per heavy atom. The number of rotatable bonds is 4. The number of nitrogens with one attached hydrogen (secondary N) is 1. The van der Waals surface area contributed by atoms with Gasteiger partial charge in [0, 0.05) is 16.1 Å². The van der Waals surface area contributed by atoms with E-state index in [-0.39, 0.29) is 30.9 Å². The molecule has 1 atom stereocenters. The quantitative estimate of drug-likeness (QED) is 0.558. The highest BCUT2D eigenvalue weighted by molar-refractivity contribution is 6.31. The Balaban J connectivity index is 0.00000171. The molecule has 7 nitrogen and oxygen atoms in total. The summed E-state index contributed by atoms with van der Waals surface area (Å²) in [5.41, 5.74) is 10.9. The fraction of sp³-hybridized carbons (Fsp3) is 0.476. The standard InChI is InChI=1S/C21H27ClN6O.2ClH/c1-11-16(22)9-15(19(29-4)17(11)14-5-7-24-8-6-14)13(3)28-21-18(12(2)27-28)20(23)25-10-26-21;;/h9-10,13-14,24H,5-8H2,1-4H3,(H2,23,25,26);2*1H. The van der Waals surface area contributed by atoms with Crippen LogP contribution in [0.25, 0.3) is 11.0 Å². The van der Waals surface area contributed by atoms with Gasteiger partial charge in [0.15, 0.2) is 5.65 Å². The van der Waals surface area contributed by atoms with E-state index in [9.17, 15) is 0 Å². The number of nitrogens with two attached hydrogens (primary N) is 1. The molecule has 1 saturated heterocycles. The van der Waals surface area contributed by atoms with E-state index < -0.39 is 0 Å². The molecule has 2 aromatic heterocycles. The van der Waals surface area contributed by atoms with Crippen molar-refractivity contribution in [1.29, 1.82) is 0 Å². The van der Waals surface area contributed by atoms with Crippen LogP contribution in [0.4, 0.5) is 5.82 Å².